The van der Waals surface area contributed by atoms with Crippen molar-refractivity contribution in [3.63, 3.8) is 0 Å². The van der Waals surface area contributed by atoms with Crippen molar-refractivity contribution in [2.24, 2.45) is 0 Å². The van der Waals surface area contributed by atoms with Crippen LogP contribution in [0, 0.1) is 11.6 Å². The minimum Gasteiger partial charge on any atom is -0.496 e. The van der Waals surface area contributed by atoms with Gasteiger partial charge in [-0.1, -0.05) is 24.3 Å². The number of imidazole rings is 1. The third kappa shape index (κ3) is 2.54. The molecule has 0 saturated carbocycles. The van der Waals surface area contributed by atoms with Crippen molar-refractivity contribution in [2.75, 3.05) is 7.11 Å². The lowest BCUT2D eigenvalue weighted by Crippen LogP contribution is -1.97. The lowest BCUT2D eigenvalue weighted by atomic mass is 10.0. The number of ether oxygens (including phenoxy) is 1. The lowest BCUT2D eigenvalue weighted by Gasteiger charge is -2.12. The second-order valence-corrected chi connectivity index (χ2v) is 5.59. The van der Waals surface area contributed by atoms with Crippen molar-refractivity contribution in [1.29, 1.82) is 0 Å². The summed E-state index contributed by atoms with van der Waals surface area (Å²) in [4.78, 5) is 4.37. The lowest BCUT2D eigenvalue weighted by molar-refractivity contribution is 0.409. The standard InChI is InChI=1S/C20H14F2N2O/c1-25-18-10-9-15(21)20(22)19(18)13-5-4-6-14(11-13)24-12-23-16-7-2-3-8-17(16)24/h2-12H,1H3. The Morgan fingerprint density at radius 1 is 0.960 bits per heavy atom. The topological polar surface area (TPSA) is 27.1 Å². The van der Waals surface area contributed by atoms with E-state index in [9.17, 15) is 8.78 Å². The minimum atomic E-state index is -0.924. The molecule has 0 saturated heterocycles. The predicted molar refractivity (Wildman–Crippen MR) is 93.0 cm³/mol. The molecule has 0 atom stereocenters. The number of fused-ring (bicyclic) bond motifs is 1. The summed E-state index contributed by atoms with van der Waals surface area (Å²) < 4.78 is 35.2. The number of hydrogen-bond acceptors (Lipinski definition) is 2. The van der Waals surface area contributed by atoms with Gasteiger partial charge in [0.2, 0.25) is 0 Å². The maximum Gasteiger partial charge on any atom is 0.170 e. The summed E-state index contributed by atoms with van der Waals surface area (Å²) in [5.74, 6) is -1.55. The number of halogens is 2. The van der Waals surface area contributed by atoms with Crippen LogP contribution in [-0.2, 0) is 0 Å². The molecule has 0 unspecified atom stereocenters. The van der Waals surface area contributed by atoms with Crippen molar-refractivity contribution in [3.8, 4) is 22.6 Å². The molecule has 0 spiro atoms. The molecule has 0 N–H and O–H groups in total. The molecule has 25 heavy (non-hydrogen) atoms. The van der Waals surface area contributed by atoms with Gasteiger partial charge in [0.05, 0.1) is 23.7 Å². The Labute approximate surface area is 143 Å². The Bertz CT molecular complexity index is 1070. The normalized spacial score (nSPS) is 11.0. The highest BCUT2D eigenvalue weighted by Crippen LogP contribution is 2.35. The van der Waals surface area contributed by atoms with Gasteiger partial charge in [0.25, 0.3) is 0 Å². The average Bonchev–Trinajstić information content (AvgIpc) is 3.08. The Hall–Kier alpha value is -3.21. The van der Waals surface area contributed by atoms with Crippen LogP contribution >= 0.6 is 0 Å². The first-order valence-electron chi connectivity index (χ1n) is 7.74. The fourth-order valence-corrected chi connectivity index (χ4v) is 2.95. The molecular formula is C20H14F2N2O. The number of hydrogen-bond donors (Lipinski definition) is 0. The number of para-hydroxylation sites is 2. The first-order chi connectivity index (χ1) is 12.2. The van der Waals surface area contributed by atoms with E-state index < -0.39 is 11.6 Å². The van der Waals surface area contributed by atoms with Crippen LogP contribution in [0.3, 0.4) is 0 Å². The van der Waals surface area contributed by atoms with E-state index in [1.165, 1.54) is 13.2 Å². The highest BCUT2D eigenvalue weighted by Gasteiger charge is 2.17. The fraction of sp³-hybridized carbons (Fsp3) is 0.0500. The molecule has 124 valence electrons. The second kappa shape index (κ2) is 6.02. The Morgan fingerprint density at radius 3 is 2.64 bits per heavy atom. The zero-order chi connectivity index (χ0) is 17.4. The number of benzene rings is 3. The van der Waals surface area contributed by atoms with Crippen molar-refractivity contribution in [1.82, 2.24) is 9.55 Å². The Morgan fingerprint density at radius 2 is 1.80 bits per heavy atom. The molecule has 4 aromatic rings. The summed E-state index contributed by atoms with van der Waals surface area (Å²) in [5.41, 5.74) is 3.24. The molecule has 0 radical (unpaired) electrons. The summed E-state index contributed by atoms with van der Waals surface area (Å²) in [6, 6.07) is 17.4. The van der Waals surface area contributed by atoms with E-state index in [2.05, 4.69) is 4.98 Å². The molecule has 0 aliphatic carbocycles. The fourth-order valence-electron chi connectivity index (χ4n) is 2.95. The third-order valence-electron chi connectivity index (χ3n) is 4.14. The summed E-state index contributed by atoms with van der Waals surface area (Å²) >= 11 is 0. The van der Waals surface area contributed by atoms with Crippen LogP contribution in [0.1, 0.15) is 0 Å². The van der Waals surface area contributed by atoms with Crippen molar-refractivity contribution in [2.45, 2.75) is 0 Å². The monoisotopic (exact) mass is 336 g/mol. The van der Waals surface area contributed by atoms with Crippen LogP contribution in [-0.4, -0.2) is 16.7 Å². The minimum absolute atomic E-state index is 0.105. The zero-order valence-corrected chi connectivity index (χ0v) is 13.4. The number of aromatic nitrogens is 2. The summed E-state index contributed by atoms with van der Waals surface area (Å²) in [6.45, 7) is 0. The van der Waals surface area contributed by atoms with E-state index in [4.69, 9.17) is 4.74 Å². The smallest absolute Gasteiger partial charge is 0.170 e. The van der Waals surface area contributed by atoms with Crippen molar-refractivity contribution in [3.05, 3.63) is 78.6 Å². The van der Waals surface area contributed by atoms with Crippen molar-refractivity contribution < 1.29 is 13.5 Å². The highest BCUT2D eigenvalue weighted by atomic mass is 19.2. The van der Waals surface area contributed by atoms with Gasteiger partial charge in [0, 0.05) is 5.69 Å². The third-order valence-corrected chi connectivity index (χ3v) is 4.14. The van der Waals surface area contributed by atoms with Crippen LogP contribution in [0.15, 0.2) is 67.0 Å². The van der Waals surface area contributed by atoms with Gasteiger partial charge in [-0.15, -0.1) is 0 Å². The Kier molecular flexibility index (Phi) is 3.69. The molecule has 0 bridgehead atoms. The van der Waals surface area contributed by atoms with Crippen LogP contribution in [0.25, 0.3) is 27.8 Å². The quantitative estimate of drug-likeness (QED) is 0.528. The van der Waals surface area contributed by atoms with Gasteiger partial charge in [0.1, 0.15) is 12.1 Å². The van der Waals surface area contributed by atoms with Gasteiger partial charge in [-0.25, -0.2) is 13.8 Å². The first-order valence-corrected chi connectivity index (χ1v) is 7.74. The number of rotatable bonds is 3. The summed E-state index contributed by atoms with van der Waals surface area (Å²) in [6.07, 6.45) is 1.71. The van der Waals surface area contributed by atoms with Crippen LogP contribution in [0.2, 0.25) is 0 Å². The molecule has 1 aromatic heterocycles. The molecule has 5 heteroatoms. The molecule has 3 nitrogen and oxygen atoms in total. The van der Waals surface area contributed by atoms with Gasteiger partial charge >= 0.3 is 0 Å². The maximum absolute atomic E-state index is 14.4. The van der Waals surface area contributed by atoms with E-state index in [1.807, 2.05) is 34.9 Å². The molecule has 4 rings (SSSR count). The summed E-state index contributed by atoms with van der Waals surface area (Å²) in [7, 11) is 1.43. The van der Waals surface area contributed by atoms with Crippen LogP contribution in [0.5, 0.6) is 5.75 Å². The second-order valence-electron chi connectivity index (χ2n) is 5.59. The van der Waals surface area contributed by atoms with Gasteiger partial charge in [-0.05, 0) is 42.0 Å². The van der Waals surface area contributed by atoms with E-state index in [0.29, 0.717) is 5.56 Å². The average molecular weight is 336 g/mol. The molecule has 0 amide bonds. The zero-order valence-electron chi connectivity index (χ0n) is 13.4. The number of methoxy groups -OCH3 is 1. The van der Waals surface area contributed by atoms with Crippen LogP contribution in [0.4, 0.5) is 8.78 Å². The molecule has 1 heterocycles. The molecule has 3 aromatic carbocycles. The summed E-state index contributed by atoms with van der Waals surface area (Å²) in [5, 5.41) is 0. The van der Waals surface area contributed by atoms with Gasteiger partial charge in [0.15, 0.2) is 11.6 Å². The van der Waals surface area contributed by atoms with E-state index in [0.717, 1.165) is 22.8 Å². The van der Waals surface area contributed by atoms with Gasteiger partial charge in [-0.3, -0.25) is 4.57 Å². The van der Waals surface area contributed by atoms with Crippen LogP contribution < -0.4 is 4.74 Å². The van der Waals surface area contributed by atoms with Crippen molar-refractivity contribution >= 4 is 11.0 Å². The van der Waals surface area contributed by atoms with Gasteiger partial charge in [-0.2, -0.15) is 0 Å². The first kappa shape index (κ1) is 15.3. The predicted octanol–water partition coefficient (Wildman–Crippen LogP) is 4.98. The molecule has 0 fully saturated rings. The largest absolute Gasteiger partial charge is 0.496 e. The SMILES string of the molecule is COc1ccc(F)c(F)c1-c1cccc(-n2cnc3ccccc32)c1. The highest BCUT2D eigenvalue weighted by molar-refractivity contribution is 5.78. The molecule has 0 aliphatic heterocycles. The number of nitrogens with zero attached hydrogens (tertiary/aromatic N) is 2. The van der Waals surface area contributed by atoms with E-state index in [1.54, 1.807) is 24.5 Å². The molecular weight excluding hydrogens is 322 g/mol. The maximum atomic E-state index is 14.4. The van der Waals surface area contributed by atoms with E-state index >= 15 is 0 Å². The molecule has 0 aliphatic rings. The van der Waals surface area contributed by atoms with Gasteiger partial charge < -0.3 is 4.74 Å². The Balaban J connectivity index is 1.91. The van der Waals surface area contributed by atoms with E-state index in [-0.39, 0.29) is 11.3 Å².